The lowest BCUT2D eigenvalue weighted by Gasteiger charge is -2.43. The molecule has 1 saturated heterocycles. The first-order valence-electron chi connectivity index (χ1n) is 6.52. The SMILES string of the molecule is C[C@@H]1CN(S(=O)(=O)c2ccc(C#N)cc2Cl)C(C)(C)CO1. The molecule has 0 aliphatic carbocycles. The highest BCUT2D eigenvalue weighted by Crippen LogP contribution is 2.32. The molecule has 7 heteroatoms. The monoisotopic (exact) mass is 328 g/mol. The average Bonchev–Trinajstić information content (AvgIpc) is 2.40. The van der Waals surface area contributed by atoms with Crippen molar-refractivity contribution in [3.05, 3.63) is 28.8 Å². The van der Waals surface area contributed by atoms with Gasteiger partial charge in [0.05, 0.1) is 34.9 Å². The van der Waals surface area contributed by atoms with Crippen molar-refractivity contribution in [1.29, 1.82) is 5.26 Å². The van der Waals surface area contributed by atoms with Crippen LogP contribution >= 0.6 is 11.6 Å². The van der Waals surface area contributed by atoms with Crippen molar-refractivity contribution in [1.82, 2.24) is 4.31 Å². The van der Waals surface area contributed by atoms with Gasteiger partial charge in [-0.15, -0.1) is 0 Å². The molecule has 0 bridgehead atoms. The molecular weight excluding hydrogens is 312 g/mol. The van der Waals surface area contributed by atoms with Crippen LogP contribution in [0.25, 0.3) is 0 Å². The summed E-state index contributed by atoms with van der Waals surface area (Å²) >= 11 is 6.05. The molecule has 1 aliphatic rings. The van der Waals surface area contributed by atoms with Gasteiger partial charge >= 0.3 is 0 Å². The zero-order chi connectivity index (χ0) is 15.8. The quantitative estimate of drug-likeness (QED) is 0.835. The maximum Gasteiger partial charge on any atom is 0.245 e. The summed E-state index contributed by atoms with van der Waals surface area (Å²) in [6.07, 6.45) is -0.176. The molecule has 114 valence electrons. The molecule has 0 unspecified atom stereocenters. The van der Waals surface area contributed by atoms with Gasteiger partial charge in [0.2, 0.25) is 10.0 Å². The lowest BCUT2D eigenvalue weighted by atomic mass is 10.1. The molecule has 0 saturated carbocycles. The summed E-state index contributed by atoms with van der Waals surface area (Å²) in [6.45, 7) is 6.05. The third kappa shape index (κ3) is 3.06. The number of ether oxygens (including phenoxy) is 1. The summed E-state index contributed by atoms with van der Waals surface area (Å²) in [5, 5.41) is 8.90. The van der Waals surface area contributed by atoms with Crippen LogP contribution in [0.15, 0.2) is 23.1 Å². The smallest absolute Gasteiger partial charge is 0.245 e. The number of morpholine rings is 1. The molecule has 1 atom stereocenters. The highest BCUT2D eigenvalue weighted by Gasteiger charge is 2.42. The van der Waals surface area contributed by atoms with Crippen LogP contribution in [0.2, 0.25) is 5.02 Å². The first-order valence-corrected chi connectivity index (χ1v) is 8.34. The molecule has 1 aromatic rings. The second kappa shape index (κ2) is 5.58. The first kappa shape index (κ1) is 16.2. The molecule has 2 rings (SSSR count). The zero-order valence-corrected chi connectivity index (χ0v) is 13.7. The van der Waals surface area contributed by atoms with Gasteiger partial charge in [-0.1, -0.05) is 11.6 Å². The number of nitriles is 1. The third-order valence-corrected chi connectivity index (χ3v) is 6.01. The van der Waals surface area contributed by atoms with Gasteiger partial charge in [0.1, 0.15) is 4.90 Å². The van der Waals surface area contributed by atoms with Crippen LogP contribution in [0, 0.1) is 11.3 Å². The lowest BCUT2D eigenvalue weighted by Crippen LogP contribution is -2.57. The van der Waals surface area contributed by atoms with E-state index in [2.05, 4.69) is 0 Å². The molecule has 0 amide bonds. The van der Waals surface area contributed by atoms with Crippen molar-refractivity contribution in [3.63, 3.8) is 0 Å². The number of benzene rings is 1. The molecule has 0 spiro atoms. The minimum atomic E-state index is -3.75. The minimum Gasteiger partial charge on any atom is -0.375 e. The summed E-state index contributed by atoms with van der Waals surface area (Å²) < 4.78 is 32.7. The zero-order valence-electron chi connectivity index (χ0n) is 12.1. The molecule has 21 heavy (non-hydrogen) atoms. The highest BCUT2D eigenvalue weighted by atomic mass is 35.5. The van der Waals surface area contributed by atoms with Gasteiger partial charge in [-0.05, 0) is 39.0 Å². The molecular formula is C14H17ClN2O3S. The van der Waals surface area contributed by atoms with E-state index in [-0.39, 0.29) is 22.6 Å². The molecule has 5 nitrogen and oxygen atoms in total. The van der Waals surface area contributed by atoms with Gasteiger partial charge in [0.25, 0.3) is 0 Å². The van der Waals surface area contributed by atoms with Gasteiger partial charge in [0.15, 0.2) is 0 Å². The summed E-state index contributed by atoms with van der Waals surface area (Å²) in [6, 6.07) is 6.14. The van der Waals surface area contributed by atoms with E-state index in [0.29, 0.717) is 12.2 Å². The predicted octanol–water partition coefficient (Wildman–Crippen LogP) is 2.40. The van der Waals surface area contributed by atoms with Gasteiger partial charge in [-0.25, -0.2) is 8.42 Å². The van der Waals surface area contributed by atoms with Gasteiger partial charge in [0, 0.05) is 6.54 Å². The van der Waals surface area contributed by atoms with Crippen LogP contribution in [0.3, 0.4) is 0 Å². The molecule has 0 N–H and O–H groups in total. The molecule has 1 aliphatic heterocycles. The summed E-state index contributed by atoms with van der Waals surface area (Å²) in [7, 11) is -3.75. The molecule has 0 radical (unpaired) electrons. The minimum absolute atomic E-state index is 0.0188. The van der Waals surface area contributed by atoms with Crippen LogP contribution < -0.4 is 0 Å². The van der Waals surface area contributed by atoms with E-state index in [0.717, 1.165) is 0 Å². The Morgan fingerprint density at radius 1 is 1.48 bits per heavy atom. The van der Waals surface area contributed by atoms with Gasteiger partial charge in [-0.3, -0.25) is 0 Å². The Morgan fingerprint density at radius 3 is 2.71 bits per heavy atom. The Bertz CT molecular complexity index is 695. The van der Waals surface area contributed by atoms with Crippen molar-refractivity contribution < 1.29 is 13.2 Å². The number of sulfonamides is 1. The Hall–Kier alpha value is -1.13. The number of hydrogen-bond acceptors (Lipinski definition) is 4. The Kier molecular flexibility index (Phi) is 4.31. The fourth-order valence-corrected chi connectivity index (χ4v) is 4.64. The van der Waals surface area contributed by atoms with E-state index in [1.807, 2.05) is 26.8 Å². The third-order valence-electron chi connectivity index (χ3n) is 3.45. The number of nitrogens with zero attached hydrogens (tertiary/aromatic N) is 2. The molecule has 1 fully saturated rings. The summed E-state index contributed by atoms with van der Waals surface area (Å²) in [5.74, 6) is 0. The van der Waals surface area contributed by atoms with Crippen LogP contribution in [0.1, 0.15) is 26.3 Å². The number of halogens is 1. The van der Waals surface area contributed by atoms with E-state index < -0.39 is 15.6 Å². The van der Waals surface area contributed by atoms with Crippen molar-refractivity contribution >= 4 is 21.6 Å². The topological polar surface area (TPSA) is 70.4 Å². The van der Waals surface area contributed by atoms with Crippen LogP contribution in [-0.2, 0) is 14.8 Å². The Labute approximate surface area is 130 Å². The van der Waals surface area contributed by atoms with Crippen molar-refractivity contribution in [3.8, 4) is 6.07 Å². The number of hydrogen-bond donors (Lipinski definition) is 0. The Balaban J connectivity index is 2.49. The maximum atomic E-state index is 12.9. The second-order valence-corrected chi connectivity index (χ2v) is 7.97. The van der Waals surface area contributed by atoms with E-state index in [4.69, 9.17) is 21.6 Å². The second-order valence-electron chi connectivity index (χ2n) is 5.73. The van der Waals surface area contributed by atoms with E-state index in [1.165, 1.54) is 22.5 Å². The summed E-state index contributed by atoms with van der Waals surface area (Å²) in [4.78, 5) is 0.0188. The maximum absolute atomic E-state index is 12.9. The van der Waals surface area contributed by atoms with E-state index in [9.17, 15) is 8.42 Å². The van der Waals surface area contributed by atoms with Crippen molar-refractivity contribution in [2.45, 2.75) is 37.3 Å². The fraction of sp³-hybridized carbons (Fsp3) is 0.500. The van der Waals surface area contributed by atoms with Crippen molar-refractivity contribution in [2.75, 3.05) is 13.2 Å². The van der Waals surface area contributed by atoms with E-state index >= 15 is 0 Å². The first-order chi connectivity index (χ1) is 9.68. The van der Waals surface area contributed by atoms with Crippen LogP contribution in [-0.4, -0.2) is 37.5 Å². The lowest BCUT2D eigenvalue weighted by molar-refractivity contribution is -0.0551. The Morgan fingerprint density at radius 2 is 2.14 bits per heavy atom. The molecule has 1 heterocycles. The normalized spacial score (nSPS) is 22.7. The van der Waals surface area contributed by atoms with Gasteiger partial charge < -0.3 is 4.74 Å². The van der Waals surface area contributed by atoms with Crippen LogP contribution in [0.4, 0.5) is 0 Å². The number of rotatable bonds is 2. The average molecular weight is 329 g/mol. The van der Waals surface area contributed by atoms with Gasteiger partial charge in [-0.2, -0.15) is 9.57 Å². The predicted molar refractivity (Wildman–Crippen MR) is 79.6 cm³/mol. The van der Waals surface area contributed by atoms with Crippen molar-refractivity contribution in [2.24, 2.45) is 0 Å². The standard InChI is InChI=1S/C14H17ClN2O3S/c1-10-8-17(14(2,3)9-20-10)21(18,19)13-5-4-11(7-16)6-12(13)15/h4-6,10H,8-9H2,1-3H3/t10-/m1/s1. The molecule has 0 aromatic heterocycles. The molecule has 1 aromatic carbocycles. The fourth-order valence-electron chi connectivity index (χ4n) is 2.27. The van der Waals surface area contributed by atoms with E-state index in [1.54, 1.807) is 0 Å². The van der Waals surface area contributed by atoms with Crippen LogP contribution in [0.5, 0.6) is 0 Å². The largest absolute Gasteiger partial charge is 0.375 e. The summed E-state index contributed by atoms with van der Waals surface area (Å²) in [5.41, 5.74) is -0.323. The highest BCUT2D eigenvalue weighted by molar-refractivity contribution is 7.89.